The molecule has 0 atom stereocenters. The predicted molar refractivity (Wildman–Crippen MR) is 89.5 cm³/mol. The Kier molecular flexibility index (Phi) is 6.80. The SMILES string of the molecule is CN=C(NCCCOCC1CC1)NCc1ccc([N+](=O)[O-])cc1. The van der Waals surface area contributed by atoms with Gasteiger partial charge in [-0.05, 0) is 30.7 Å². The van der Waals surface area contributed by atoms with Gasteiger partial charge in [0.1, 0.15) is 0 Å². The van der Waals surface area contributed by atoms with E-state index >= 15 is 0 Å². The average Bonchev–Trinajstić information content (AvgIpc) is 3.38. The van der Waals surface area contributed by atoms with Crippen molar-refractivity contribution in [1.29, 1.82) is 0 Å². The first kappa shape index (κ1) is 17.2. The molecule has 0 aliphatic heterocycles. The molecule has 7 heteroatoms. The topological polar surface area (TPSA) is 88.8 Å². The number of nitro benzene ring substituents is 1. The normalized spacial score (nSPS) is 14.6. The molecule has 2 rings (SSSR count). The number of nitrogens with zero attached hydrogens (tertiary/aromatic N) is 2. The molecule has 0 heterocycles. The molecule has 0 spiro atoms. The summed E-state index contributed by atoms with van der Waals surface area (Å²) in [5.74, 6) is 1.52. The fourth-order valence-electron chi connectivity index (χ4n) is 2.06. The Labute approximate surface area is 136 Å². The first-order valence-electron chi connectivity index (χ1n) is 7.94. The summed E-state index contributed by atoms with van der Waals surface area (Å²) in [5.41, 5.74) is 1.06. The Bertz CT molecular complexity index is 527. The lowest BCUT2D eigenvalue weighted by Crippen LogP contribution is -2.37. The zero-order chi connectivity index (χ0) is 16.5. The maximum absolute atomic E-state index is 10.6. The van der Waals surface area contributed by atoms with E-state index in [9.17, 15) is 10.1 Å². The number of hydrogen-bond acceptors (Lipinski definition) is 4. The standard InChI is InChI=1S/C16H24N4O3/c1-17-16(18-9-2-10-23-12-14-3-4-14)19-11-13-5-7-15(8-6-13)20(21)22/h5-8,14H,2-4,9-12H2,1H3,(H2,17,18,19). The highest BCUT2D eigenvalue weighted by Gasteiger charge is 2.20. The minimum Gasteiger partial charge on any atom is -0.381 e. The Morgan fingerprint density at radius 1 is 1.35 bits per heavy atom. The molecule has 2 N–H and O–H groups in total. The van der Waals surface area contributed by atoms with Crippen molar-refractivity contribution in [2.24, 2.45) is 10.9 Å². The quantitative estimate of drug-likeness (QED) is 0.239. The van der Waals surface area contributed by atoms with E-state index in [0.717, 1.165) is 37.7 Å². The molecular weight excluding hydrogens is 296 g/mol. The van der Waals surface area contributed by atoms with Crippen LogP contribution in [0.1, 0.15) is 24.8 Å². The van der Waals surface area contributed by atoms with Gasteiger partial charge in [-0.25, -0.2) is 0 Å². The predicted octanol–water partition coefficient (Wildman–Crippen LogP) is 2.08. The third-order valence-corrected chi connectivity index (χ3v) is 3.64. The molecule has 0 aromatic heterocycles. The number of hydrogen-bond donors (Lipinski definition) is 2. The number of benzene rings is 1. The number of ether oxygens (including phenoxy) is 1. The molecular formula is C16H24N4O3. The van der Waals surface area contributed by atoms with Crippen LogP contribution in [-0.4, -0.2) is 37.7 Å². The molecule has 23 heavy (non-hydrogen) atoms. The van der Waals surface area contributed by atoms with Crippen LogP contribution in [0.2, 0.25) is 0 Å². The Hall–Kier alpha value is -2.15. The minimum atomic E-state index is -0.400. The van der Waals surface area contributed by atoms with Gasteiger partial charge in [0, 0.05) is 45.5 Å². The third-order valence-electron chi connectivity index (χ3n) is 3.64. The largest absolute Gasteiger partial charge is 0.381 e. The van der Waals surface area contributed by atoms with E-state index in [0.29, 0.717) is 12.5 Å². The summed E-state index contributed by atoms with van der Waals surface area (Å²) in [6.45, 7) is 3.02. The fraction of sp³-hybridized carbons (Fsp3) is 0.562. The molecule has 0 saturated heterocycles. The molecule has 1 saturated carbocycles. The summed E-state index contributed by atoms with van der Waals surface area (Å²) in [6, 6.07) is 6.49. The molecule has 0 radical (unpaired) electrons. The van der Waals surface area contributed by atoms with Crippen LogP contribution in [0.15, 0.2) is 29.3 Å². The van der Waals surface area contributed by atoms with Gasteiger partial charge in [-0.2, -0.15) is 0 Å². The van der Waals surface area contributed by atoms with Crippen molar-refractivity contribution in [3.8, 4) is 0 Å². The van der Waals surface area contributed by atoms with Crippen LogP contribution in [0.4, 0.5) is 5.69 Å². The molecule has 1 aromatic carbocycles. The number of aliphatic imine (C=N–C) groups is 1. The maximum Gasteiger partial charge on any atom is 0.269 e. The molecule has 0 unspecified atom stereocenters. The second kappa shape index (κ2) is 9.09. The van der Waals surface area contributed by atoms with Crippen molar-refractivity contribution >= 4 is 11.6 Å². The first-order valence-corrected chi connectivity index (χ1v) is 7.94. The number of nitro groups is 1. The van der Waals surface area contributed by atoms with Gasteiger partial charge in [0.25, 0.3) is 5.69 Å². The highest BCUT2D eigenvalue weighted by Crippen LogP contribution is 2.28. The third kappa shape index (κ3) is 6.65. The van der Waals surface area contributed by atoms with Gasteiger partial charge in [0.15, 0.2) is 5.96 Å². The average molecular weight is 320 g/mol. The Morgan fingerprint density at radius 2 is 2.09 bits per heavy atom. The lowest BCUT2D eigenvalue weighted by Gasteiger charge is -2.12. The van der Waals surface area contributed by atoms with Crippen molar-refractivity contribution in [2.45, 2.75) is 25.8 Å². The van der Waals surface area contributed by atoms with Crippen molar-refractivity contribution in [3.63, 3.8) is 0 Å². The smallest absolute Gasteiger partial charge is 0.269 e. The van der Waals surface area contributed by atoms with Gasteiger partial charge < -0.3 is 15.4 Å². The molecule has 1 fully saturated rings. The van der Waals surface area contributed by atoms with Crippen LogP contribution in [0.5, 0.6) is 0 Å². The van der Waals surface area contributed by atoms with Gasteiger partial charge in [-0.15, -0.1) is 0 Å². The van der Waals surface area contributed by atoms with Gasteiger partial charge >= 0.3 is 0 Å². The second-order valence-electron chi connectivity index (χ2n) is 5.65. The summed E-state index contributed by atoms with van der Waals surface area (Å²) in [6.07, 6.45) is 3.57. The van der Waals surface area contributed by atoms with E-state index in [1.54, 1.807) is 19.2 Å². The van der Waals surface area contributed by atoms with Crippen LogP contribution in [0.3, 0.4) is 0 Å². The summed E-state index contributed by atoms with van der Waals surface area (Å²) in [7, 11) is 1.72. The van der Waals surface area contributed by atoms with Crippen molar-refractivity contribution in [3.05, 3.63) is 39.9 Å². The van der Waals surface area contributed by atoms with Crippen molar-refractivity contribution < 1.29 is 9.66 Å². The summed E-state index contributed by atoms with van der Waals surface area (Å²) in [5, 5.41) is 17.0. The summed E-state index contributed by atoms with van der Waals surface area (Å²) < 4.78 is 5.58. The van der Waals surface area contributed by atoms with Crippen molar-refractivity contribution in [2.75, 3.05) is 26.8 Å². The monoisotopic (exact) mass is 320 g/mol. The van der Waals surface area contributed by atoms with E-state index in [1.165, 1.54) is 25.0 Å². The zero-order valence-electron chi connectivity index (χ0n) is 13.5. The van der Waals surface area contributed by atoms with Gasteiger partial charge in [0.2, 0.25) is 0 Å². The van der Waals surface area contributed by atoms with Crippen molar-refractivity contribution in [1.82, 2.24) is 10.6 Å². The van der Waals surface area contributed by atoms with Gasteiger partial charge in [-0.1, -0.05) is 12.1 Å². The Balaban J connectivity index is 1.60. The number of guanidine groups is 1. The molecule has 0 amide bonds. The first-order chi connectivity index (χ1) is 11.2. The van der Waals surface area contributed by atoms with E-state index in [4.69, 9.17) is 4.74 Å². The molecule has 126 valence electrons. The minimum absolute atomic E-state index is 0.0995. The number of rotatable bonds is 9. The maximum atomic E-state index is 10.6. The highest BCUT2D eigenvalue weighted by atomic mass is 16.6. The molecule has 0 bridgehead atoms. The van der Waals surface area contributed by atoms with Crippen LogP contribution in [0.25, 0.3) is 0 Å². The second-order valence-corrected chi connectivity index (χ2v) is 5.65. The Morgan fingerprint density at radius 3 is 2.70 bits per heavy atom. The highest BCUT2D eigenvalue weighted by molar-refractivity contribution is 5.79. The lowest BCUT2D eigenvalue weighted by atomic mass is 10.2. The van der Waals surface area contributed by atoms with Crippen LogP contribution < -0.4 is 10.6 Å². The molecule has 1 aliphatic rings. The van der Waals surface area contributed by atoms with E-state index in [1.807, 2.05) is 0 Å². The summed E-state index contributed by atoms with van der Waals surface area (Å²) >= 11 is 0. The molecule has 7 nitrogen and oxygen atoms in total. The number of non-ortho nitro benzene ring substituents is 1. The molecule has 1 aliphatic carbocycles. The molecule has 1 aromatic rings. The van der Waals surface area contributed by atoms with E-state index in [2.05, 4.69) is 15.6 Å². The van der Waals surface area contributed by atoms with Gasteiger partial charge in [0.05, 0.1) is 4.92 Å². The van der Waals surface area contributed by atoms with Gasteiger partial charge in [-0.3, -0.25) is 15.1 Å². The van der Waals surface area contributed by atoms with Crippen LogP contribution in [0, 0.1) is 16.0 Å². The fourth-order valence-corrected chi connectivity index (χ4v) is 2.06. The van der Waals surface area contributed by atoms with E-state index in [-0.39, 0.29) is 5.69 Å². The van der Waals surface area contributed by atoms with E-state index < -0.39 is 4.92 Å². The number of nitrogens with one attached hydrogen (secondary N) is 2. The van der Waals surface area contributed by atoms with Crippen LogP contribution in [-0.2, 0) is 11.3 Å². The zero-order valence-corrected chi connectivity index (χ0v) is 13.5. The van der Waals surface area contributed by atoms with Crippen LogP contribution >= 0.6 is 0 Å². The summed E-state index contributed by atoms with van der Waals surface area (Å²) in [4.78, 5) is 14.4. The lowest BCUT2D eigenvalue weighted by molar-refractivity contribution is -0.384.